The highest BCUT2D eigenvalue weighted by Gasteiger charge is 2.20. The highest BCUT2D eigenvalue weighted by atomic mass is 15.1. The van der Waals surface area contributed by atoms with Gasteiger partial charge in [-0.25, -0.2) is 0 Å². The smallest absolute Gasteiger partial charge is 0.0711 e. The molecule has 2 heterocycles. The van der Waals surface area contributed by atoms with Gasteiger partial charge in [0.2, 0.25) is 0 Å². The van der Waals surface area contributed by atoms with Gasteiger partial charge in [0, 0.05) is 37.1 Å². The van der Waals surface area contributed by atoms with Crippen LogP contribution in [-0.4, -0.2) is 30.0 Å². The van der Waals surface area contributed by atoms with E-state index in [2.05, 4.69) is 50.2 Å². The van der Waals surface area contributed by atoms with Crippen LogP contribution in [0.15, 0.2) is 12.1 Å². The molecule has 3 heteroatoms. The first-order valence-corrected chi connectivity index (χ1v) is 7.91. The summed E-state index contributed by atoms with van der Waals surface area (Å²) in [6.07, 6.45) is 1.06. The Morgan fingerprint density at radius 2 is 2.00 bits per heavy atom. The molecule has 2 aromatic rings. The Morgan fingerprint density at radius 3 is 2.76 bits per heavy atom. The zero-order valence-corrected chi connectivity index (χ0v) is 13.6. The zero-order valence-electron chi connectivity index (χ0n) is 13.6. The van der Waals surface area contributed by atoms with E-state index in [1.165, 1.54) is 33.3 Å². The number of rotatable bonds is 3. The number of fused-ring (bicyclic) bond motifs is 2. The van der Waals surface area contributed by atoms with Crippen molar-refractivity contribution in [2.24, 2.45) is 0 Å². The van der Waals surface area contributed by atoms with E-state index in [0.29, 0.717) is 0 Å². The predicted octanol–water partition coefficient (Wildman–Crippen LogP) is 2.95. The molecule has 1 aliphatic rings. The molecular weight excluding hydrogens is 258 g/mol. The first kappa shape index (κ1) is 14.5. The lowest BCUT2D eigenvalue weighted by Crippen LogP contribution is -2.29. The second kappa shape index (κ2) is 5.74. The molecule has 0 saturated carbocycles. The molecule has 0 amide bonds. The molecular formula is C18H25N3. The van der Waals surface area contributed by atoms with Crippen LogP contribution >= 0.6 is 0 Å². The second-order valence-corrected chi connectivity index (χ2v) is 6.24. The van der Waals surface area contributed by atoms with E-state index in [4.69, 9.17) is 4.98 Å². The third-order valence-electron chi connectivity index (χ3n) is 4.62. The molecule has 21 heavy (non-hydrogen) atoms. The maximum absolute atomic E-state index is 4.97. The molecule has 0 radical (unpaired) electrons. The lowest BCUT2D eigenvalue weighted by Gasteiger charge is -2.27. The number of benzene rings is 1. The number of nitrogens with one attached hydrogen (secondary N) is 1. The highest BCUT2D eigenvalue weighted by molar-refractivity contribution is 5.85. The van der Waals surface area contributed by atoms with E-state index in [1.807, 2.05) is 0 Å². The van der Waals surface area contributed by atoms with Gasteiger partial charge in [0.25, 0.3) is 0 Å². The minimum Gasteiger partial charge on any atom is -0.313 e. The SMILES string of the molecule is CCNCc1c2c(nc3cc(C)c(C)cc13)CCN(C)C2. The van der Waals surface area contributed by atoms with Gasteiger partial charge in [-0.3, -0.25) is 4.98 Å². The largest absolute Gasteiger partial charge is 0.313 e. The quantitative estimate of drug-likeness (QED) is 0.938. The lowest BCUT2D eigenvalue weighted by molar-refractivity contribution is 0.309. The number of pyridine rings is 1. The van der Waals surface area contributed by atoms with E-state index in [1.54, 1.807) is 0 Å². The van der Waals surface area contributed by atoms with Crippen molar-refractivity contribution in [2.45, 2.75) is 40.3 Å². The summed E-state index contributed by atoms with van der Waals surface area (Å²) in [4.78, 5) is 7.36. The molecule has 1 N–H and O–H groups in total. The minimum absolute atomic E-state index is 0.939. The molecule has 112 valence electrons. The van der Waals surface area contributed by atoms with E-state index in [9.17, 15) is 0 Å². The Morgan fingerprint density at radius 1 is 1.24 bits per heavy atom. The van der Waals surface area contributed by atoms with Crippen molar-refractivity contribution in [3.8, 4) is 0 Å². The standard InChI is InChI=1S/C18H25N3/c1-5-19-10-15-14-8-12(2)13(3)9-18(14)20-17-6-7-21(4)11-16(15)17/h8-9,19H,5-7,10-11H2,1-4H3. The van der Waals surface area contributed by atoms with Crippen molar-refractivity contribution in [1.29, 1.82) is 0 Å². The molecule has 3 nitrogen and oxygen atoms in total. The normalized spacial score (nSPS) is 15.4. The Balaban J connectivity index is 2.23. The molecule has 3 rings (SSSR count). The monoisotopic (exact) mass is 283 g/mol. The fourth-order valence-corrected chi connectivity index (χ4v) is 3.18. The molecule has 1 aromatic heterocycles. The van der Waals surface area contributed by atoms with Crippen LogP contribution in [-0.2, 0) is 19.5 Å². The summed E-state index contributed by atoms with van der Waals surface area (Å²) < 4.78 is 0. The number of aromatic nitrogens is 1. The van der Waals surface area contributed by atoms with Crippen LogP contribution in [0.5, 0.6) is 0 Å². The summed E-state index contributed by atoms with van der Waals surface area (Å²) in [5, 5.41) is 4.84. The summed E-state index contributed by atoms with van der Waals surface area (Å²) in [6.45, 7) is 10.6. The van der Waals surface area contributed by atoms with Crippen molar-refractivity contribution in [1.82, 2.24) is 15.2 Å². The summed E-state index contributed by atoms with van der Waals surface area (Å²) in [7, 11) is 2.20. The van der Waals surface area contributed by atoms with Crippen LogP contribution in [0.3, 0.4) is 0 Å². The topological polar surface area (TPSA) is 28.2 Å². The number of hydrogen-bond acceptors (Lipinski definition) is 3. The molecule has 0 spiro atoms. The van der Waals surface area contributed by atoms with Gasteiger partial charge in [-0.05, 0) is 61.8 Å². The number of nitrogens with zero attached hydrogens (tertiary/aromatic N) is 2. The van der Waals surface area contributed by atoms with Gasteiger partial charge < -0.3 is 10.2 Å². The predicted molar refractivity (Wildman–Crippen MR) is 88.6 cm³/mol. The maximum atomic E-state index is 4.97. The summed E-state index contributed by atoms with van der Waals surface area (Å²) in [5.74, 6) is 0. The molecule has 0 aliphatic carbocycles. The highest BCUT2D eigenvalue weighted by Crippen LogP contribution is 2.29. The van der Waals surface area contributed by atoms with Gasteiger partial charge in [-0.15, -0.1) is 0 Å². The first-order valence-electron chi connectivity index (χ1n) is 7.91. The van der Waals surface area contributed by atoms with Crippen molar-refractivity contribution < 1.29 is 0 Å². The molecule has 0 bridgehead atoms. The van der Waals surface area contributed by atoms with Crippen molar-refractivity contribution in [3.63, 3.8) is 0 Å². The van der Waals surface area contributed by atoms with Gasteiger partial charge in [-0.2, -0.15) is 0 Å². The van der Waals surface area contributed by atoms with Crippen LogP contribution < -0.4 is 5.32 Å². The van der Waals surface area contributed by atoms with Crippen molar-refractivity contribution in [3.05, 3.63) is 40.1 Å². The Kier molecular flexibility index (Phi) is 3.96. The van der Waals surface area contributed by atoms with Crippen LogP contribution in [0.1, 0.15) is 34.9 Å². The second-order valence-electron chi connectivity index (χ2n) is 6.24. The summed E-state index contributed by atoms with van der Waals surface area (Å²) in [5.41, 5.74) is 8.04. The molecule has 0 fully saturated rings. The van der Waals surface area contributed by atoms with Gasteiger partial charge in [0.1, 0.15) is 0 Å². The Labute approximate surface area is 127 Å². The van der Waals surface area contributed by atoms with Crippen molar-refractivity contribution in [2.75, 3.05) is 20.1 Å². The number of hydrogen-bond donors (Lipinski definition) is 1. The third kappa shape index (κ3) is 2.68. The van der Waals surface area contributed by atoms with Crippen LogP contribution in [0.2, 0.25) is 0 Å². The van der Waals surface area contributed by atoms with Gasteiger partial charge >= 0.3 is 0 Å². The Hall–Kier alpha value is -1.45. The van der Waals surface area contributed by atoms with Gasteiger partial charge in [0.05, 0.1) is 5.52 Å². The lowest BCUT2D eigenvalue weighted by atomic mass is 9.94. The zero-order chi connectivity index (χ0) is 15.0. The van der Waals surface area contributed by atoms with Gasteiger partial charge in [-0.1, -0.05) is 6.92 Å². The fourth-order valence-electron chi connectivity index (χ4n) is 3.18. The van der Waals surface area contributed by atoms with Crippen LogP contribution in [0, 0.1) is 13.8 Å². The van der Waals surface area contributed by atoms with Gasteiger partial charge in [0.15, 0.2) is 0 Å². The molecule has 0 saturated heterocycles. The molecule has 0 atom stereocenters. The van der Waals surface area contributed by atoms with E-state index >= 15 is 0 Å². The van der Waals surface area contributed by atoms with E-state index in [0.717, 1.165) is 38.1 Å². The van der Waals surface area contributed by atoms with Crippen LogP contribution in [0.25, 0.3) is 10.9 Å². The van der Waals surface area contributed by atoms with E-state index in [-0.39, 0.29) is 0 Å². The van der Waals surface area contributed by atoms with Crippen molar-refractivity contribution >= 4 is 10.9 Å². The number of likely N-dealkylation sites (N-methyl/N-ethyl adjacent to an activating group) is 1. The third-order valence-corrected chi connectivity index (χ3v) is 4.62. The summed E-state index contributed by atoms with van der Waals surface area (Å²) >= 11 is 0. The fraction of sp³-hybridized carbons (Fsp3) is 0.500. The maximum Gasteiger partial charge on any atom is 0.0711 e. The minimum atomic E-state index is 0.939. The average molecular weight is 283 g/mol. The van der Waals surface area contributed by atoms with E-state index < -0.39 is 0 Å². The number of aryl methyl sites for hydroxylation is 2. The van der Waals surface area contributed by atoms with Crippen LogP contribution in [0.4, 0.5) is 0 Å². The molecule has 0 unspecified atom stereocenters. The molecule has 1 aromatic carbocycles. The first-order chi connectivity index (χ1) is 10.1. The Bertz CT molecular complexity index is 676. The molecule has 1 aliphatic heterocycles. The summed E-state index contributed by atoms with van der Waals surface area (Å²) in [6, 6.07) is 4.57. The average Bonchev–Trinajstić information content (AvgIpc) is 2.46.